The lowest BCUT2D eigenvalue weighted by Gasteiger charge is -2.23. The van der Waals surface area contributed by atoms with Gasteiger partial charge in [0.05, 0.1) is 16.0 Å². The molecule has 6 nitrogen and oxygen atoms in total. The maximum absolute atomic E-state index is 10.7. The molecule has 2 aromatic rings. The molecule has 0 amide bonds. The molecule has 1 heterocycles. The Hall–Kier alpha value is -2.21. The van der Waals surface area contributed by atoms with Crippen molar-refractivity contribution < 1.29 is 9.66 Å². The van der Waals surface area contributed by atoms with Crippen LogP contribution in [0.15, 0.2) is 30.3 Å². The van der Waals surface area contributed by atoms with Crippen molar-refractivity contribution in [1.82, 2.24) is 4.98 Å². The number of benzene rings is 1. The molecule has 0 aliphatic heterocycles. The van der Waals surface area contributed by atoms with E-state index in [0.717, 1.165) is 31.1 Å². The van der Waals surface area contributed by atoms with E-state index in [0.29, 0.717) is 18.0 Å². The summed E-state index contributed by atoms with van der Waals surface area (Å²) >= 11 is 0. The summed E-state index contributed by atoms with van der Waals surface area (Å²) in [7, 11) is 0. The molecule has 0 bridgehead atoms. The molecule has 3 rings (SSSR count). The average molecular weight is 287 g/mol. The van der Waals surface area contributed by atoms with Gasteiger partial charge < -0.3 is 10.5 Å². The van der Waals surface area contributed by atoms with Crippen LogP contribution < -0.4 is 10.5 Å². The number of fused-ring (bicyclic) bond motifs is 1. The summed E-state index contributed by atoms with van der Waals surface area (Å²) in [4.78, 5) is 14.7. The Morgan fingerprint density at radius 2 is 2.05 bits per heavy atom. The number of nitro benzene ring substituents is 1. The third-order valence-corrected chi connectivity index (χ3v) is 3.96. The first kappa shape index (κ1) is 13.8. The number of nitrogens with two attached hydrogens (primary N) is 1. The summed E-state index contributed by atoms with van der Waals surface area (Å²) in [6, 6.07) is 8.09. The van der Waals surface area contributed by atoms with Crippen LogP contribution in [0, 0.1) is 10.1 Å². The van der Waals surface area contributed by atoms with E-state index in [2.05, 4.69) is 4.98 Å². The van der Waals surface area contributed by atoms with Crippen molar-refractivity contribution in [2.75, 3.05) is 6.61 Å². The van der Waals surface area contributed by atoms with Gasteiger partial charge in [-0.3, -0.25) is 10.1 Å². The van der Waals surface area contributed by atoms with Crippen LogP contribution in [-0.4, -0.2) is 22.1 Å². The minimum Gasteiger partial charge on any atom is -0.476 e. The molecule has 0 saturated heterocycles. The van der Waals surface area contributed by atoms with Gasteiger partial charge in [-0.2, -0.15) is 0 Å². The first-order chi connectivity index (χ1) is 10.1. The van der Waals surface area contributed by atoms with Crippen molar-refractivity contribution in [2.45, 2.75) is 31.2 Å². The fourth-order valence-electron chi connectivity index (χ4n) is 2.73. The topological polar surface area (TPSA) is 91.3 Å². The fraction of sp³-hybridized carbons (Fsp3) is 0.400. The number of pyridine rings is 1. The molecule has 6 heteroatoms. The van der Waals surface area contributed by atoms with Crippen molar-refractivity contribution in [3.05, 3.63) is 40.4 Å². The summed E-state index contributed by atoms with van der Waals surface area (Å²) in [5.74, 6) is 0.507. The summed E-state index contributed by atoms with van der Waals surface area (Å²) < 4.78 is 5.71. The van der Waals surface area contributed by atoms with Gasteiger partial charge in [0.2, 0.25) is 5.88 Å². The van der Waals surface area contributed by atoms with Crippen molar-refractivity contribution in [1.29, 1.82) is 0 Å². The summed E-state index contributed by atoms with van der Waals surface area (Å²) in [5, 5.41) is 11.5. The van der Waals surface area contributed by atoms with Crippen molar-refractivity contribution in [3.63, 3.8) is 0 Å². The maximum Gasteiger partial charge on any atom is 0.270 e. The highest BCUT2D eigenvalue weighted by atomic mass is 16.6. The average Bonchev–Trinajstić information content (AvgIpc) is 2.91. The highest BCUT2D eigenvalue weighted by Gasteiger charge is 2.30. The number of rotatable bonds is 4. The van der Waals surface area contributed by atoms with E-state index in [1.807, 2.05) is 0 Å². The van der Waals surface area contributed by atoms with E-state index in [4.69, 9.17) is 10.5 Å². The minimum absolute atomic E-state index is 0.0600. The molecule has 1 aliphatic rings. The molecule has 1 aliphatic carbocycles. The second-order valence-corrected chi connectivity index (χ2v) is 5.64. The lowest BCUT2D eigenvalue weighted by molar-refractivity contribution is -0.384. The molecular weight excluding hydrogens is 270 g/mol. The molecule has 1 fully saturated rings. The van der Waals surface area contributed by atoms with Gasteiger partial charge in [-0.15, -0.1) is 0 Å². The normalized spacial score (nSPS) is 17.0. The Morgan fingerprint density at radius 3 is 2.76 bits per heavy atom. The number of nitrogens with zero attached hydrogens (tertiary/aromatic N) is 2. The second-order valence-electron chi connectivity index (χ2n) is 5.64. The second kappa shape index (κ2) is 5.29. The Balaban J connectivity index is 1.78. The van der Waals surface area contributed by atoms with Gasteiger partial charge in [-0.25, -0.2) is 4.98 Å². The summed E-state index contributed by atoms with van der Waals surface area (Å²) in [5.41, 5.74) is 6.74. The predicted octanol–water partition coefficient (Wildman–Crippen LogP) is 2.79. The van der Waals surface area contributed by atoms with Gasteiger partial charge in [0.15, 0.2) is 0 Å². The van der Waals surface area contributed by atoms with E-state index in [1.165, 1.54) is 12.1 Å². The zero-order chi connectivity index (χ0) is 14.9. The van der Waals surface area contributed by atoms with E-state index in [9.17, 15) is 10.1 Å². The highest BCUT2D eigenvalue weighted by molar-refractivity contribution is 5.81. The molecule has 2 N–H and O–H groups in total. The van der Waals surface area contributed by atoms with E-state index < -0.39 is 4.92 Å². The zero-order valence-electron chi connectivity index (χ0n) is 11.6. The van der Waals surface area contributed by atoms with Gasteiger partial charge in [0.1, 0.15) is 6.61 Å². The summed E-state index contributed by atoms with van der Waals surface area (Å²) in [6.45, 7) is 0.457. The van der Waals surface area contributed by atoms with E-state index >= 15 is 0 Å². The lowest BCUT2D eigenvalue weighted by atomic mass is 10.0. The number of ether oxygens (including phenoxy) is 1. The zero-order valence-corrected chi connectivity index (χ0v) is 11.6. The number of aromatic nitrogens is 1. The molecule has 0 radical (unpaired) electrons. The molecule has 0 spiro atoms. The summed E-state index contributed by atoms with van der Waals surface area (Å²) in [6.07, 6.45) is 4.25. The number of hydrogen-bond acceptors (Lipinski definition) is 5. The Morgan fingerprint density at radius 1 is 1.29 bits per heavy atom. The van der Waals surface area contributed by atoms with Crippen LogP contribution in [0.25, 0.3) is 10.9 Å². The predicted molar refractivity (Wildman–Crippen MR) is 79.3 cm³/mol. The van der Waals surface area contributed by atoms with Gasteiger partial charge in [0.25, 0.3) is 5.69 Å². The van der Waals surface area contributed by atoms with Crippen molar-refractivity contribution in [2.24, 2.45) is 5.73 Å². The molecule has 21 heavy (non-hydrogen) atoms. The molecule has 110 valence electrons. The smallest absolute Gasteiger partial charge is 0.270 e. The van der Waals surface area contributed by atoms with Crippen LogP contribution in [0.1, 0.15) is 25.7 Å². The SMILES string of the molecule is NC1(COc2ccc3cc([N+](=O)[O-])ccc3n2)CCCC1. The molecule has 1 saturated carbocycles. The molecule has 1 aromatic heterocycles. The Bertz CT molecular complexity index is 681. The van der Waals surface area contributed by atoms with Crippen LogP contribution in [0.4, 0.5) is 5.69 Å². The van der Waals surface area contributed by atoms with Crippen LogP contribution in [0.2, 0.25) is 0 Å². The highest BCUT2D eigenvalue weighted by Crippen LogP contribution is 2.28. The largest absolute Gasteiger partial charge is 0.476 e. The van der Waals surface area contributed by atoms with Crippen LogP contribution >= 0.6 is 0 Å². The number of nitro groups is 1. The third-order valence-electron chi connectivity index (χ3n) is 3.96. The van der Waals surface area contributed by atoms with Crippen LogP contribution in [0.5, 0.6) is 5.88 Å². The lowest BCUT2D eigenvalue weighted by Crippen LogP contribution is -2.42. The Kier molecular flexibility index (Phi) is 3.47. The Labute approximate surface area is 122 Å². The molecular formula is C15H17N3O3. The van der Waals surface area contributed by atoms with Crippen molar-refractivity contribution in [3.8, 4) is 5.88 Å². The van der Waals surface area contributed by atoms with Gasteiger partial charge in [0, 0.05) is 23.6 Å². The molecule has 0 atom stereocenters. The maximum atomic E-state index is 10.7. The molecule has 0 unspecified atom stereocenters. The van der Waals surface area contributed by atoms with Gasteiger partial charge in [-0.1, -0.05) is 12.8 Å². The van der Waals surface area contributed by atoms with Gasteiger partial charge in [-0.05, 0) is 25.0 Å². The quantitative estimate of drug-likeness (QED) is 0.689. The van der Waals surface area contributed by atoms with E-state index in [1.54, 1.807) is 18.2 Å². The first-order valence-electron chi connectivity index (χ1n) is 7.03. The van der Waals surface area contributed by atoms with E-state index in [-0.39, 0.29) is 11.2 Å². The van der Waals surface area contributed by atoms with Gasteiger partial charge >= 0.3 is 0 Å². The van der Waals surface area contributed by atoms with Crippen LogP contribution in [0.3, 0.4) is 0 Å². The van der Waals surface area contributed by atoms with Crippen molar-refractivity contribution >= 4 is 16.6 Å². The monoisotopic (exact) mass is 287 g/mol. The third kappa shape index (κ3) is 2.95. The number of hydrogen-bond donors (Lipinski definition) is 1. The fourth-order valence-corrected chi connectivity index (χ4v) is 2.73. The standard InChI is InChI=1S/C15H17N3O3/c16-15(7-1-2-8-15)10-21-14-6-3-11-9-12(18(19)20)4-5-13(11)17-14/h3-6,9H,1-2,7-8,10,16H2. The molecule has 1 aromatic carbocycles. The number of non-ortho nitro benzene ring substituents is 1. The first-order valence-corrected chi connectivity index (χ1v) is 7.03. The van der Waals surface area contributed by atoms with Crippen LogP contribution in [-0.2, 0) is 0 Å². The minimum atomic E-state index is -0.415.